The van der Waals surface area contributed by atoms with Gasteiger partial charge >= 0.3 is 0 Å². The lowest BCUT2D eigenvalue weighted by molar-refractivity contribution is 0.132. The molecule has 2 nitrogen and oxygen atoms in total. The fourth-order valence-corrected chi connectivity index (χ4v) is 2.11. The summed E-state index contributed by atoms with van der Waals surface area (Å²) in [4.78, 5) is 5.06. The third kappa shape index (κ3) is 3.05. The highest BCUT2D eigenvalue weighted by Gasteiger charge is 2.14. The van der Waals surface area contributed by atoms with E-state index in [-0.39, 0.29) is 0 Å². The highest BCUT2D eigenvalue weighted by Crippen LogP contribution is 2.07. The molecule has 1 saturated heterocycles. The Labute approximate surface area is 92.5 Å². The zero-order valence-electron chi connectivity index (χ0n) is 9.52. The average molecular weight is 204 g/mol. The molecule has 1 aromatic rings. The highest BCUT2D eigenvalue weighted by molar-refractivity contribution is 5.14. The molecule has 0 bridgehead atoms. The maximum absolute atomic E-state index is 2.54. The Hall–Kier alpha value is -0.860. The third-order valence-electron chi connectivity index (χ3n) is 3.16. The lowest BCUT2D eigenvalue weighted by Gasteiger charge is -2.34. The predicted molar refractivity (Wildman–Crippen MR) is 63.8 cm³/mol. The van der Waals surface area contributed by atoms with Gasteiger partial charge in [-0.3, -0.25) is 4.90 Å². The summed E-state index contributed by atoms with van der Waals surface area (Å²) in [6.45, 7) is 9.42. The van der Waals surface area contributed by atoms with E-state index >= 15 is 0 Å². The van der Waals surface area contributed by atoms with Crippen LogP contribution in [0, 0.1) is 0 Å². The minimum absolute atomic E-state index is 1.11. The summed E-state index contributed by atoms with van der Waals surface area (Å²) < 4.78 is 0. The van der Waals surface area contributed by atoms with Gasteiger partial charge in [-0.1, -0.05) is 37.3 Å². The topological polar surface area (TPSA) is 6.48 Å². The summed E-state index contributed by atoms with van der Waals surface area (Å²) in [7, 11) is 0. The molecule has 0 N–H and O–H groups in total. The molecule has 0 spiro atoms. The molecule has 1 heterocycles. The van der Waals surface area contributed by atoms with Crippen molar-refractivity contribution in [2.45, 2.75) is 13.5 Å². The maximum Gasteiger partial charge on any atom is 0.0234 e. The van der Waals surface area contributed by atoms with Crippen LogP contribution in [0.3, 0.4) is 0 Å². The molecule has 0 unspecified atom stereocenters. The van der Waals surface area contributed by atoms with Crippen LogP contribution >= 0.6 is 0 Å². The number of hydrogen-bond donors (Lipinski definition) is 0. The number of benzene rings is 1. The molecule has 0 saturated carbocycles. The van der Waals surface area contributed by atoms with Crippen molar-refractivity contribution in [3.8, 4) is 0 Å². The summed E-state index contributed by atoms with van der Waals surface area (Å²) >= 11 is 0. The molecular weight excluding hydrogens is 184 g/mol. The minimum atomic E-state index is 1.11. The van der Waals surface area contributed by atoms with E-state index in [0.29, 0.717) is 0 Å². The first kappa shape index (κ1) is 10.7. The molecule has 15 heavy (non-hydrogen) atoms. The minimum Gasteiger partial charge on any atom is -0.301 e. The molecular formula is C13H20N2. The van der Waals surface area contributed by atoms with E-state index in [1.54, 1.807) is 0 Å². The number of likely N-dealkylation sites (N-methyl/N-ethyl adjacent to an activating group) is 1. The second kappa shape index (κ2) is 5.29. The van der Waals surface area contributed by atoms with Crippen molar-refractivity contribution >= 4 is 0 Å². The molecule has 0 radical (unpaired) electrons. The van der Waals surface area contributed by atoms with Crippen LogP contribution in [0.2, 0.25) is 0 Å². The van der Waals surface area contributed by atoms with Crippen molar-refractivity contribution in [1.82, 2.24) is 9.80 Å². The summed E-state index contributed by atoms with van der Waals surface area (Å²) in [6, 6.07) is 10.8. The fraction of sp³-hybridized carbons (Fsp3) is 0.538. The van der Waals surface area contributed by atoms with Crippen molar-refractivity contribution in [1.29, 1.82) is 0 Å². The summed E-state index contributed by atoms with van der Waals surface area (Å²) in [6.07, 6.45) is 0. The van der Waals surface area contributed by atoms with Gasteiger partial charge in [-0.25, -0.2) is 0 Å². The SMILES string of the molecule is CCN1CCN(Cc2ccccc2)CC1. The Morgan fingerprint density at radius 3 is 2.13 bits per heavy atom. The van der Waals surface area contributed by atoms with E-state index in [0.717, 1.165) is 6.54 Å². The van der Waals surface area contributed by atoms with Crippen molar-refractivity contribution in [3.63, 3.8) is 0 Å². The second-order valence-corrected chi connectivity index (χ2v) is 4.20. The summed E-state index contributed by atoms with van der Waals surface area (Å²) in [5, 5.41) is 0. The zero-order chi connectivity index (χ0) is 10.5. The Balaban J connectivity index is 1.82. The van der Waals surface area contributed by atoms with Crippen LogP contribution in [0.4, 0.5) is 0 Å². The molecule has 1 fully saturated rings. The van der Waals surface area contributed by atoms with Crippen LogP contribution in [0.15, 0.2) is 30.3 Å². The second-order valence-electron chi connectivity index (χ2n) is 4.20. The first-order valence-corrected chi connectivity index (χ1v) is 5.87. The van der Waals surface area contributed by atoms with Crippen LogP contribution in [0.1, 0.15) is 12.5 Å². The molecule has 2 rings (SSSR count). The van der Waals surface area contributed by atoms with Gasteiger partial charge in [0.25, 0.3) is 0 Å². The van der Waals surface area contributed by atoms with Crippen LogP contribution in [-0.4, -0.2) is 42.5 Å². The molecule has 0 aromatic heterocycles. The van der Waals surface area contributed by atoms with E-state index in [1.165, 1.54) is 38.3 Å². The van der Waals surface area contributed by atoms with E-state index in [2.05, 4.69) is 47.1 Å². The Kier molecular flexibility index (Phi) is 3.75. The van der Waals surface area contributed by atoms with Gasteiger partial charge in [0.05, 0.1) is 0 Å². The van der Waals surface area contributed by atoms with E-state index < -0.39 is 0 Å². The van der Waals surface area contributed by atoms with Gasteiger partial charge in [-0.15, -0.1) is 0 Å². The van der Waals surface area contributed by atoms with Crippen molar-refractivity contribution in [3.05, 3.63) is 35.9 Å². The monoisotopic (exact) mass is 204 g/mol. The molecule has 1 aliphatic rings. The Bertz CT molecular complexity index is 276. The first-order chi connectivity index (χ1) is 7.38. The van der Waals surface area contributed by atoms with Crippen LogP contribution in [0.5, 0.6) is 0 Å². The average Bonchev–Trinajstić information content (AvgIpc) is 2.31. The van der Waals surface area contributed by atoms with Crippen LogP contribution in [0.25, 0.3) is 0 Å². The van der Waals surface area contributed by atoms with Crippen molar-refractivity contribution < 1.29 is 0 Å². The van der Waals surface area contributed by atoms with Gasteiger partial charge in [0.1, 0.15) is 0 Å². The summed E-state index contributed by atoms with van der Waals surface area (Å²) in [5.74, 6) is 0. The van der Waals surface area contributed by atoms with Crippen molar-refractivity contribution in [2.75, 3.05) is 32.7 Å². The van der Waals surface area contributed by atoms with Gasteiger partial charge in [-0.05, 0) is 12.1 Å². The predicted octanol–water partition coefficient (Wildman–Crippen LogP) is 1.82. The molecule has 1 aromatic carbocycles. The highest BCUT2D eigenvalue weighted by atomic mass is 15.3. The summed E-state index contributed by atoms with van der Waals surface area (Å²) in [5.41, 5.74) is 1.43. The maximum atomic E-state index is 2.54. The normalized spacial score (nSPS) is 19.3. The Morgan fingerprint density at radius 2 is 1.53 bits per heavy atom. The van der Waals surface area contributed by atoms with Crippen LogP contribution < -0.4 is 0 Å². The number of hydrogen-bond acceptors (Lipinski definition) is 2. The number of nitrogens with zero attached hydrogens (tertiary/aromatic N) is 2. The van der Waals surface area contributed by atoms with Gasteiger partial charge in [0.15, 0.2) is 0 Å². The smallest absolute Gasteiger partial charge is 0.0234 e. The van der Waals surface area contributed by atoms with Crippen molar-refractivity contribution in [2.24, 2.45) is 0 Å². The molecule has 0 amide bonds. The number of piperazine rings is 1. The quantitative estimate of drug-likeness (QED) is 0.741. The van der Waals surface area contributed by atoms with Gasteiger partial charge < -0.3 is 4.90 Å². The lowest BCUT2D eigenvalue weighted by Crippen LogP contribution is -2.45. The lowest BCUT2D eigenvalue weighted by atomic mass is 10.2. The van der Waals surface area contributed by atoms with E-state index in [9.17, 15) is 0 Å². The molecule has 0 atom stereocenters. The van der Waals surface area contributed by atoms with Gasteiger partial charge in [0, 0.05) is 32.7 Å². The van der Waals surface area contributed by atoms with Crippen LogP contribution in [-0.2, 0) is 6.54 Å². The Morgan fingerprint density at radius 1 is 0.933 bits per heavy atom. The first-order valence-electron chi connectivity index (χ1n) is 5.87. The fourth-order valence-electron chi connectivity index (χ4n) is 2.11. The molecule has 82 valence electrons. The van der Waals surface area contributed by atoms with Gasteiger partial charge in [-0.2, -0.15) is 0 Å². The standard InChI is InChI=1S/C13H20N2/c1-2-14-8-10-15(11-9-14)12-13-6-4-3-5-7-13/h3-7H,2,8-12H2,1H3. The zero-order valence-corrected chi connectivity index (χ0v) is 9.52. The van der Waals surface area contributed by atoms with E-state index in [4.69, 9.17) is 0 Å². The molecule has 0 aliphatic carbocycles. The molecule has 2 heteroatoms. The third-order valence-corrected chi connectivity index (χ3v) is 3.16. The number of rotatable bonds is 3. The largest absolute Gasteiger partial charge is 0.301 e. The van der Waals surface area contributed by atoms with Gasteiger partial charge in [0.2, 0.25) is 0 Å². The molecule has 1 aliphatic heterocycles. The van der Waals surface area contributed by atoms with E-state index in [1.807, 2.05) is 0 Å².